The summed E-state index contributed by atoms with van der Waals surface area (Å²) in [4.78, 5) is 14.3. The number of nitrogens with two attached hydrogens (primary N) is 1. The second-order valence-electron chi connectivity index (χ2n) is 6.74. The lowest BCUT2D eigenvalue weighted by atomic mass is 9.86. The quantitative estimate of drug-likeness (QED) is 0.761. The Kier molecular flexibility index (Phi) is 4.36. The predicted octanol–water partition coefficient (Wildman–Crippen LogP) is 3.57. The molecule has 6 heteroatoms. The first-order valence-corrected chi connectivity index (χ1v) is 9.05. The molecule has 6 nitrogen and oxygen atoms in total. The minimum atomic E-state index is 0.322. The first-order chi connectivity index (χ1) is 12.2. The molecule has 0 aliphatic heterocycles. The molecule has 0 saturated heterocycles. The van der Waals surface area contributed by atoms with Gasteiger partial charge in [0, 0.05) is 24.2 Å². The van der Waals surface area contributed by atoms with Crippen molar-refractivity contribution in [2.75, 3.05) is 5.32 Å². The Balaban J connectivity index is 1.76. The van der Waals surface area contributed by atoms with E-state index >= 15 is 0 Å². The molecule has 0 radical (unpaired) electrons. The van der Waals surface area contributed by atoms with Crippen molar-refractivity contribution in [1.82, 2.24) is 19.5 Å². The van der Waals surface area contributed by atoms with E-state index in [1.54, 1.807) is 0 Å². The van der Waals surface area contributed by atoms with Gasteiger partial charge in [-0.05, 0) is 44.7 Å². The van der Waals surface area contributed by atoms with Gasteiger partial charge in [-0.1, -0.05) is 18.2 Å². The number of fused-ring (bicyclic) bond motifs is 1. The molecule has 1 aliphatic rings. The average molecular weight is 336 g/mol. The molecular weight excluding hydrogens is 312 g/mol. The van der Waals surface area contributed by atoms with Crippen LogP contribution in [0.15, 0.2) is 36.7 Å². The van der Waals surface area contributed by atoms with Crippen LogP contribution in [0.2, 0.25) is 0 Å². The van der Waals surface area contributed by atoms with Crippen molar-refractivity contribution in [3.05, 3.63) is 42.5 Å². The molecule has 2 heterocycles. The third kappa shape index (κ3) is 3.22. The summed E-state index contributed by atoms with van der Waals surface area (Å²) in [6.45, 7) is 2.94. The van der Waals surface area contributed by atoms with Crippen LogP contribution in [-0.4, -0.2) is 25.6 Å². The Hall–Kier alpha value is -2.47. The minimum absolute atomic E-state index is 0.322. The zero-order valence-electron chi connectivity index (χ0n) is 14.5. The van der Waals surface area contributed by atoms with Crippen LogP contribution >= 0.6 is 0 Å². The van der Waals surface area contributed by atoms with Gasteiger partial charge in [-0.2, -0.15) is 0 Å². The maximum absolute atomic E-state index is 6.06. The van der Waals surface area contributed by atoms with E-state index in [1.165, 1.54) is 0 Å². The summed E-state index contributed by atoms with van der Waals surface area (Å²) in [5, 5.41) is 3.42. The smallest absolute Gasteiger partial charge is 0.165 e. The summed E-state index contributed by atoms with van der Waals surface area (Å²) in [6, 6.07) is 10.4. The molecule has 130 valence electrons. The molecule has 2 aromatic heterocycles. The fraction of sp³-hybridized carbons (Fsp3) is 0.421. The van der Waals surface area contributed by atoms with E-state index in [2.05, 4.69) is 21.8 Å². The summed E-state index contributed by atoms with van der Waals surface area (Å²) in [6.07, 6.45) is 6.03. The van der Waals surface area contributed by atoms with Gasteiger partial charge in [-0.25, -0.2) is 15.0 Å². The normalized spacial score (nSPS) is 20.7. The van der Waals surface area contributed by atoms with Gasteiger partial charge in [-0.3, -0.25) is 0 Å². The highest BCUT2D eigenvalue weighted by Gasteiger charge is 2.24. The second-order valence-corrected chi connectivity index (χ2v) is 6.74. The van der Waals surface area contributed by atoms with E-state index in [1.807, 2.05) is 36.7 Å². The second kappa shape index (κ2) is 6.80. The van der Waals surface area contributed by atoms with Gasteiger partial charge in [0.2, 0.25) is 0 Å². The zero-order valence-corrected chi connectivity index (χ0v) is 14.5. The Morgan fingerprint density at radius 3 is 2.60 bits per heavy atom. The van der Waals surface area contributed by atoms with Crippen LogP contribution in [0, 0.1) is 0 Å². The average Bonchev–Trinajstić information content (AvgIpc) is 3.06. The number of aromatic nitrogens is 4. The highest BCUT2D eigenvalue weighted by molar-refractivity contribution is 5.85. The van der Waals surface area contributed by atoms with E-state index < -0.39 is 0 Å². The Bertz CT molecular complexity index is 849. The summed E-state index contributed by atoms with van der Waals surface area (Å²) >= 11 is 0. The molecule has 1 aromatic carbocycles. The number of rotatable bonds is 4. The van der Waals surface area contributed by atoms with Crippen molar-refractivity contribution in [1.29, 1.82) is 0 Å². The van der Waals surface area contributed by atoms with Crippen molar-refractivity contribution >= 4 is 22.7 Å². The van der Waals surface area contributed by atoms with Gasteiger partial charge in [0.25, 0.3) is 0 Å². The van der Waals surface area contributed by atoms with E-state index in [-0.39, 0.29) is 0 Å². The SMILES string of the molecule is CCn1cnc2c(Nc3ccccc3)nc(C3CCC(N)CC3)nc21. The predicted molar refractivity (Wildman–Crippen MR) is 99.9 cm³/mol. The number of hydrogen-bond donors (Lipinski definition) is 2. The van der Waals surface area contributed by atoms with E-state index in [0.29, 0.717) is 12.0 Å². The van der Waals surface area contributed by atoms with Gasteiger partial charge < -0.3 is 15.6 Å². The number of nitrogens with one attached hydrogen (secondary N) is 1. The summed E-state index contributed by atoms with van der Waals surface area (Å²) in [7, 11) is 0. The zero-order chi connectivity index (χ0) is 17.2. The van der Waals surface area contributed by atoms with Crippen molar-refractivity contribution in [2.24, 2.45) is 5.73 Å². The van der Waals surface area contributed by atoms with Crippen LogP contribution in [0.5, 0.6) is 0 Å². The van der Waals surface area contributed by atoms with Crippen LogP contribution in [0.4, 0.5) is 11.5 Å². The summed E-state index contributed by atoms with van der Waals surface area (Å²) in [5.41, 5.74) is 8.79. The van der Waals surface area contributed by atoms with Crippen LogP contribution in [0.1, 0.15) is 44.3 Å². The monoisotopic (exact) mass is 336 g/mol. The lowest BCUT2D eigenvalue weighted by Crippen LogP contribution is -2.26. The Labute approximate surface area is 147 Å². The van der Waals surface area contributed by atoms with Gasteiger partial charge in [0.15, 0.2) is 17.0 Å². The fourth-order valence-electron chi connectivity index (χ4n) is 3.50. The fourth-order valence-corrected chi connectivity index (χ4v) is 3.50. The standard InChI is InChI=1S/C19H24N6/c1-2-25-12-21-16-18(22-15-6-4-3-5-7-15)23-17(24-19(16)25)13-8-10-14(20)11-9-13/h3-7,12-14H,2,8-11,20H2,1H3,(H,22,23,24). The number of benzene rings is 1. The first-order valence-electron chi connectivity index (χ1n) is 9.05. The first kappa shape index (κ1) is 16.0. The number of para-hydroxylation sites is 1. The van der Waals surface area contributed by atoms with Gasteiger partial charge in [0.1, 0.15) is 5.82 Å². The lowest BCUT2D eigenvalue weighted by Gasteiger charge is -2.25. The van der Waals surface area contributed by atoms with Gasteiger partial charge >= 0.3 is 0 Å². The van der Waals surface area contributed by atoms with Crippen molar-refractivity contribution < 1.29 is 0 Å². The van der Waals surface area contributed by atoms with Crippen molar-refractivity contribution in [3.63, 3.8) is 0 Å². The molecule has 0 unspecified atom stereocenters. The molecule has 1 saturated carbocycles. The number of aryl methyl sites for hydroxylation is 1. The summed E-state index contributed by atoms with van der Waals surface area (Å²) in [5.74, 6) is 2.07. The number of hydrogen-bond acceptors (Lipinski definition) is 5. The Morgan fingerprint density at radius 2 is 1.88 bits per heavy atom. The van der Waals surface area contributed by atoms with Crippen LogP contribution < -0.4 is 11.1 Å². The molecule has 3 N–H and O–H groups in total. The third-order valence-electron chi connectivity index (χ3n) is 5.00. The number of anilines is 2. The molecule has 0 atom stereocenters. The van der Waals surface area contributed by atoms with Gasteiger partial charge in [0.05, 0.1) is 6.33 Å². The molecule has 0 bridgehead atoms. The highest BCUT2D eigenvalue weighted by Crippen LogP contribution is 2.33. The molecule has 4 rings (SSSR count). The summed E-state index contributed by atoms with van der Waals surface area (Å²) < 4.78 is 2.07. The molecular formula is C19H24N6. The van der Waals surface area contributed by atoms with Crippen molar-refractivity contribution in [3.8, 4) is 0 Å². The largest absolute Gasteiger partial charge is 0.338 e. The molecule has 1 aliphatic carbocycles. The molecule has 0 spiro atoms. The third-order valence-corrected chi connectivity index (χ3v) is 5.00. The number of nitrogens with zero attached hydrogens (tertiary/aromatic N) is 4. The Morgan fingerprint density at radius 1 is 1.12 bits per heavy atom. The van der Waals surface area contributed by atoms with E-state index in [0.717, 1.165) is 60.7 Å². The number of imidazole rings is 1. The van der Waals surface area contributed by atoms with E-state index in [4.69, 9.17) is 15.7 Å². The van der Waals surface area contributed by atoms with E-state index in [9.17, 15) is 0 Å². The van der Waals surface area contributed by atoms with Crippen LogP contribution in [0.3, 0.4) is 0 Å². The van der Waals surface area contributed by atoms with Crippen LogP contribution in [-0.2, 0) is 6.54 Å². The lowest BCUT2D eigenvalue weighted by molar-refractivity contribution is 0.385. The maximum atomic E-state index is 6.06. The highest BCUT2D eigenvalue weighted by atomic mass is 15.2. The van der Waals surface area contributed by atoms with Gasteiger partial charge in [-0.15, -0.1) is 0 Å². The minimum Gasteiger partial charge on any atom is -0.338 e. The molecule has 1 fully saturated rings. The molecule has 3 aromatic rings. The molecule has 25 heavy (non-hydrogen) atoms. The molecule has 0 amide bonds. The maximum Gasteiger partial charge on any atom is 0.165 e. The van der Waals surface area contributed by atoms with Crippen LogP contribution in [0.25, 0.3) is 11.2 Å². The van der Waals surface area contributed by atoms with Crippen molar-refractivity contribution in [2.45, 2.75) is 51.1 Å². The topological polar surface area (TPSA) is 81.7 Å².